The van der Waals surface area contributed by atoms with E-state index < -0.39 is 0 Å². The van der Waals surface area contributed by atoms with Crippen LogP contribution >= 0.6 is 11.5 Å². The molecule has 0 aliphatic heterocycles. The summed E-state index contributed by atoms with van der Waals surface area (Å²) in [4.78, 5) is 15.4. The zero-order valence-corrected chi connectivity index (χ0v) is 13.9. The molecule has 0 spiro atoms. The monoisotopic (exact) mass is 337 g/mol. The highest BCUT2D eigenvalue weighted by Gasteiger charge is 2.21. The zero-order chi connectivity index (χ0) is 16.9. The van der Waals surface area contributed by atoms with Crippen molar-refractivity contribution in [3.05, 3.63) is 41.5 Å². The second kappa shape index (κ2) is 7.47. The highest BCUT2D eigenvalue weighted by atomic mass is 32.1. The van der Waals surface area contributed by atoms with E-state index in [2.05, 4.69) is 33.8 Å². The number of rotatable bonds is 7. The molecule has 1 amide bonds. The second-order valence-corrected chi connectivity index (χ2v) is 6.49. The van der Waals surface area contributed by atoms with E-state index in [0.717, 1.165) is 5.56 Å². The van der Waals surface area contributed by atoms with Gasteiger partial charge in [0.25, 0.3) is 0 Å². The predicted molar refractivity (Wildman–Crippen MR) is 88.7 cm³/mol. The first kappa shape index (κ1) is 17.3. The number of carbonyl (C=O) groups is 1. The summed E-state index contributed by atoms with van der Waals surface area (Å²) < 4.78 is 17.2. The average Bonchev–Trinajstić information content (AvgIpc) is 2.99. The Kier molecular flexibility index (Phi) is 5.62. The van der Waals surface area contributed by atoms with E-state index in [1.54, 1.807) is 12.1 Å². The molecule has 0 saturated heterocycles. The Hall–Kier alpha value is -2.06. The molecule has 0 saturated carbocycles. The molecular weight excluding hydrogens is 317 g/mol. The summed E-state index contributed by atoms with van der Waals surface area (Å²) in [6, 6.07) is 6.48. The molecule has 8 heteroatoms. The van der Waals surface area contributed by atoms with Crippen molar-refractivity contribution >= 4 is 22.6 Å². The van der Waals surface area contributed by atoms with Crippen LogP contribution in [0.15, 0.2) is 24.3 Å². The fraction of sp³-hybridized carbons (Fsp3) is 0.400. The summed E-state index contributed by atoms with van der Waals surface area (Å²) in [5.74, 6) is 0.0523. The van der Waals surface area contributed by atoms with Gasteiger partial charge in [-0.15, -0.1) is 0 Å². The van der Waals surface area contributed by atoms with Crippen LogP contribution in [0.5, 0.6) is 0 Å². The summed E-state index contributed by atoms with van der Waals surface area (Å²) in [6.07, 6.45) is 0. The van der Waals surface area contributed by atoms with Crippen LogP contribution in [0.2, 0.25) is 0 Å². The third-order valence-corrected chi connectivity index (χ3v) is 4.12. The Morgan fingerprint density at radius 2 is 2.04 bits per heavy atom. The molecule has 0 fully saturated rings. The van der Waals surface area contributed by atoms with Gasteiger partial charge in [0, 0.05) is 23.5 Å². The van der Waals surface area contributed by atoms with Crippen molar-refractivity contribution in [3.63, 3.8) is 0 Å². The van der Waals surface area contributed by atoms with Gasteiger partial charge in [0.05, 0.1) is 13.1 Å². The van der Waals surface area contributed by atoms with E-state index in [4.69, 9.17) is 5.73 Å². The van der Waals surface area contributed by atoms with Crippen LogP contribution in [0.3, 0.4) is 0 Å². The van der Waals surface area contributed by atoms with E-state index in [-0.39, 0.29) is 30.2 Å². The zero-order valence-electron chi connectivity index (χ0n) is 13.1. The molecule has 0 atom stereocenters. The first-order chi connectivity index (χ1) is 10.9. The summed E-state index contributed by atoms with van der Waals surface area (Å²) in [7, 11) is 0. The van der Waals surface area contributed by atoms with E-state index in [1.165, 1.54) is 23.7 Å². The van der Waals surface area contributed by atoms with Gasteiger partial charge in [0.15, 0.2) is 5.82 Å². The van der Waals surface area contributed by atoms with Crippen molar-refractivity contribution in [2.24, 2.45) is 5.73 Å². The molecule has 1 aromatic carbocycles. The molecule has 1 aromatic heterocycles. The van der Waals surface area contributed by atoms with Crippen LogP contribution in [-0.4, -0.2) is 28.4 Å². The lowest BCUT2D eigenvalue weighted by Gasteiger charge is -2.25. The van der Waals surface area contributed by atoms with Gasteiger partial charge in [-0.2, -0.15) is 4.37 Å². The Labute approximate surface area is 138 Å². The van der Waals surface area contributed by atoms with E-state index in [0.29, 0.717) is 17.5 Å². The maximum absolute atomic E-state index is 13.0. The second-order valence-electron chi connectivity index (χ2n) is 5.74. The van der Waals surface area contributed by atoms with Gasteiger partial charge in [0.2, 0.25) is 11.0 Å². The Morgan fingerprint density at radius 1 is 1.35 bits per heavy atom. The van der Waals surface area contributed by atoms with Crippen molar-refractivity contribution in [1.29, 1.82) is 0 Å². The minimum Gasteiger partial charge on any atom is -0.359 e. The number of carbonyl (C=O) groups excluding carboxylic acids is 1. The molecule has 0 aliphatic rings. The molecule has 6 nitrogen and oxygen atoms in total. The van der Waals surface area contributed by atoms with Crippen LogP contribution in [0.1, 0.15) is 25.2 Å². The van der Waals surface area contributed by atoms with E-state index in [1.807, 2.05) is 0 Å². The van der Waals surface area contributed by atoms with Crippen LogP contribution in [0.4, 0.5) is 9.52 Å². The number of nitrogens with two attached hydrogens (primary N) is 1. The molecule has 1 heterocycles. The van der Waals surface area contributed by atoms with Crippen molar-refractivity contribution < 1.29 is 9.18 Å². The van der Waals surface area contributed by atoms with Crippen LogP contribution < -0.4 is 16.4 Å². The van der Waals surface area contributed by atoms with Gasteiger partial charge in [-0.25, -0.2) is 9.37 Å². The van der Waals surface area contributed by atoms with Gasteiger partial charge in [-0.1, -0.05) is 26.0 Å². The predicted octanol–water partition coefficient (Wildman–Crippen LogP) is 1.64. The van der Waals surface area contributed by atoms with Gasteiger partial charge in [0.1, 0.15) is 5.82 Å². The van der Waals surface area contributed by atoms with Crippen molar-refractivity contribution in [3.8, 4) is 0 Å². The summed E-state index contributed by atoms with van der Waals surface area (Å²) >= 11 is 1.23. The number of halogens is 1. The molecule has 124 valence electrons. The van der Waals surface area contributed by atoms with Crippen molar-refractivity contribution in [1.82, 2.24) is 14.7 Å². The number of nitrogens with zero attached hydrogens (tertiary/aromatic N) is 2. The molecule has 23 heavy (non-hydrogen) atoms. The number of hydrogen-bond acceptors (Lipinski definition) is 6. The van der Waals surface area contributed by atoms with E-state index in [9.17, 15) is 9.18 Å². The van der Waals surface area contributed by atoms with Gasteiger partial charge in [-0.05, 0) is 17.7 Å². The Balaban J connectivity index is 1.91. The number of anilines is 1. The molecule has 0 aliphatic carbocycles. The number of aromatic nitrogens is 2. The average molecular weight is 337 g/mol. The quantitative estimate of drug-likeness (QED) is 0.714. The smallest absolute Gasteiger partial charge is 0.234 e. The topological polar surface area (TPSA) is 92.9 Å². The van der Waals surface area contributed by atoms with Gasteiger partial charge < -0.3 is 16.4 Å². The standard InChI is InChI=1S/C15H20FN5OS/c1-15(2,10-3-5-11(16)6-4-10)9-19-14-20-12(21-23-14)8-18-13(22)7-17/h3-6H,7-9,17H2,1-2H3,(H,18,22)(H,19,20,21). The number of nitrogens with one attached hydrogen (secondary N) is 2. The number of amides is 1. The van der Waals surface area contributed by atoms with Crippen molar-refractivity contribution in [2.45, 2.75) is 25.8 Å². The summed E-state index contributed by atoms with van der Waals surface area (Å²) in [5.41, 5.74) is 6.06. The molecule has 0 radical (unpaired) electrons. The maximum Gasteiger partial charge on any atom is 0.234 e. The molecule has 0 unspecified atom stereocenters. The van der Waals surface area contributed by atoms with Crippen LogP contribution in [0, 0.1) is 5.82 Å². The minimum absolute atomic E-state index is 0.0545. The SMILES string of the molecule is CC(C)(CNc1nc(CNC(=O)CN)ns1)c1ccc(F)cc1. The highest BCUT2D eigenvalue weighted by Crippen LogP contribution is 2.24. The summed E-state index contributed by atoms with van der Waals surface area (Å²) in [6.45, 7) is 4.96. The van der Waals surface area contributed by atoms with Gasteiger partial charge >= 0.3 is 0 Å². The third kappa shape index (κ3) is 4.97. The van der Waals surface area contributed by atoms with E-state index >= 15 is 0 Å². The van der Waals surface area contributed by atoms with Gasteiger partial charge in [-0.3, -0.25) is 4.79 Å². The first-order valence-electron chi connectivity index (χ1n) is 7.20. The maximum atomic E-state index is 13.0. The van der Waals surface area contributed by atoms with Crippen LogP contribution in [0.25, 0.3) is 0 Å². The molecule has 2 aromatic rings. The lowest BCUT2D eigenvalue weighted by atomic mass is 9.85. The fourth-order valence-electron chi connectivity index (χ4n) is 1.95. The Bertz CT molecular complexity index is 656. The Morgan fingerprint density at radius 3 is 2.70 bits per heavy atom. The minimum atomic E-state index is -0.245. The lowest BCUT2D eigenvalue weighted by Crippen LogP contribution is -2.30. The van der Waals surface area contributed by atoms with Crippen molar-refractivity contribution in [2.75, 3.05) is 18.4 Å². The number of benzene rings is 1. The fourth-order valence-corrected chi connectivity index (χ4v) is 2.53. The molecular formula is C15H20FN5OS. The first-order valence-corrected chi connectivity index (χ1v) is 7.97. The molecule has 2 rings (SSSR count). The highest BCUT2D eigenvalue weighted by molar-refractivity contribution is 7.09. The number of hydrogen-bond donors (Lipinski definition) is 3. The molecule has 4 N–H and O–H groups in total. The normalized spacial score (nSPS) is 11.3. The third-order valence-electron chi connectivity index (χ3n) is 3.40. The summed E-state index contributed by atoms with van der Waals surface area (Å²) in [5, 5.41) is 6.53. The molecule has 0 bridgehead atoms. The largest absolute Gasteiger partial charge is 0.359 e. The lowest BCUT2D eigenvalue weighted by molar-refractivity contribution is -0.119. The van der Waals surface area contributed by atoms with Crippen LogP contribution in [-0.2, 0) is 16.8 Å².